The molecule has 45 heavy (non-hydrogen) atoms. The molecule has 1 saturated heterocycles. The smallest absolute Gasteiger partial charge is 0.237 e. The summed E-state index contributed by atoms with van der Waals surface area (Å²) in [5.74, 6) is -6.41. The quantitative estimate of drug-likeness (QED) is 0.184. The van der Waals surface area contributed by atoms with Gasteiger partial charge in [-0.1, -0.05) is 12.1 Å². The average Bonchev–Trinajstić information content (AvgIpc) is 3.00. The molecule has 3 heterocycles. The van der Waals surface area contributed by atoms with Gasteiger partial charge >= 0.3 is 0 Å². The average molecular weight is 642 g/mol. The van der Waals surface area contributed by atoms with Gasteiger partial charge in [0.1, 0.15) is 11.9 Å². The van der Waals surface area contributed by atoms with Crippen molar-refractivity contribution in [2.24, 2.45) is 0 Å². The second-order valence-electron chi connectivity index (χ2n) is 10.6. The number of halogens is 4. The van der Waals surface area contributed by atoms with Crippen LogP contribution in [-0.4, -0.2) is 60.6 Å². The second kappa shape index (κ2) is 13.0. The number of alkyl halides is 1. The van der Waals surface area contributed by atoms with Crippen LogP contribution in [0.25, 0.3) is 11.3 Å². The zero-order valence-electron chi connectivity index (χ0n) is 24.1. The highest BCUT2D eigenvalue weighted by atomic mass is 32.2. The summed E-state index contributed by atoms with van der Waals surface area (Å²) in [6.45, 7) is 2.00. The zero-order chi connectivity index (χ0) is 32.3. The lowest BCUT2D eigenvalue weighted by Crippen LogP contribution is -2.45. The molecule has 0 radical (unpaired) electrons. The predicted octanol–water partition coefficient (Wildman–Crippen LogP) is 5.32. The van der Waals surface area contributed by atoms with E-state index >= 15 is 13.2 Å². The molecule has 5 rings (SSSR count). The van der Waals surface area contributed by atoms with E-state index < -0.39 is 56.4 Å². The zero-order valence-corrected chi connectivity index (χ0v) is 24.9. The summed E-state index contributed by atoms with van der Waals surface area (Å²) in [5.41, 5.74) is -0.674. The molecule has 2 aromatic carbocycles. The van der Waals surface area contributed by atoms with Crippen LogP contribution >= 0.6 is 0 Å². The second-order valence-corrected chi connectivity index (χ2v) is 12.3. The molecular formula is C30H27F4N7O3S. The van der Waals surface area contributed by atoms with Crippen molar-refractivity contribution < 1.29 is 30.7 Å². The summed E-state index contributed by atoms with van der Waals surface area (Å²) in [6, 6.07) is 11.8. The van der Waals surface area contributed by atoms with Gasteiger partial charge in [0.2, 0.25) is 27.7 Å². The van der Waals surface area contributed by atoms with Crippen LogP contribution in [0.2, 0.25) is 0 Å². The molecule has 0 saturated carbocycles. The Labute approximate surface area is 256 Å². The normalized spacial score (nSPS) is 17.0. The summed E-state index contributed by atoms with van der Waals surface area (Å²) >= 11 is 0. The van der Waals surface area contributed by atoms with Crippen molar-refractivity contribution in [1.82, 2.24) is 19.9 Å². The van der Waals surface area contributed by atoms with E-state index in [0.717, 1.165) is 6.92 Å². The van der Waals surface area contributed by atoms with Crippen molar-refractivity contribution in [2.75, 3.05) is 30.2 Å². The molecule has 0 bridgehead atoms. The summed E-state index contributed by atoms with van der Waals surface area (Å²) < 4.78 is 92.8. The Kier molecular flexibility index (Phi) is 9.16. The highest BCUT2D eigenvalue weighted by molar-refractivity contribution is 7.91. The van der Waals surface area contributed by atoms with Crippen LogP contribution in [0.1, 0.15) is 23.1 Å². The molecule has 0 unspecified atom stereocenters. The van der Waals surface area contributed by atoms with Crippen molar-refractivity contribution in [3.05, 3.63) is 89.0 Å². The Bertz CT molecular complexity index is 1830. The predicted molar refractivity (Wildman–Crippen MR) is 158 cm³/mol. The number of piperidine rings is 1. The molecule has 2 atom stereocenters. The third-order valence-electron chi connectivity index (χ3n) is 7.01. The number of ether oxygens (including phenoxy) is 1. The van der Waals surface area contributed by atoms with Gasteiger partial charge < -0.3 is 15.0 Å². The van der Waals surface area contributed by atoms with Crippen LogP contribution < -0.4 is 14.8 Å². The molecule has 1 aliphatic rings. The van der Waals surface area contributed by atoms with Crippen molar-refractivity contribution in [2.45, 2.75) is 31.3 Å². The summed E-state index contributed by atoms with van der Waals surface area (Å²) in [7, 11) is -2.59. The number of hydrogen-bond donors (Lipinski definition) is 2. The first-order chi connectivity index (χ1) is 21.4. The Morgan fingerprint density at radius 1 is 1.04 bits per heavy atom. The minimum absolute atomic E-state index is 0.201. The van der Waals surface area contributed by atoms with E-state index in [4.69, 9.17) is 10.00 Å². The topological polar surface area (TPSA) is 133 Å². The Morgan fingerprint density at radius 2 is 1.80 bits per heavy atom. The Balaban J connectivity index is 1.40. The minimum atomic E-state index is -4.40. The van der Waals surface area contributed by atoms with E-state index in [1.54, 1.807) is 16.9 Å². The largest absolute Gasteiger partial charge is 0.435 e. The molecule has 1 aliphatic heterocycles. The SMILES string of the molecule is Cc1c(F)c(NS(=O)(=O)Cc2ccc(C#N)cc2)c(F)c(F)c1Oc1ncccc1-c1ccnc(N[C@H]2C[C@H](F)CN(C)C2)n1. The van der Waals surface area contributed by atoms with Gasteiger partial charge in [-0.15, -0.1) is 0 Å². The van der Waals surface area contributed by atoms with Crippen molar-refractivity contribution in [3.63, 3.8) is 0 Å². The number of hydrogen-bond acceptors (Lipinski definition) is 9. The standard InChI is InChI=1S/C30H27F4N7O3S/c1-17-24(32)27(40-45(42,43)16-19-7-5-18(13-35)6-8-19)25(33)26(34)28(17)44-29-22(4-3-10-36-29)23-9-11-37-30(39-23)38-21-12-20(31)14-41(2)15-21/h3-11,20-21,40H,12,14-16H2,1-2H3,(H,37,38,39)/t20-,21-/m0/s1. The number of pyridine rings is 1. The Hall–Kier alpha value is -4.81. The molecule has 234 valence electrons. The first-order valence-corrected chi connectivity index (χ1v) is 15.3. The molecule has 2 N–H and O–H groups in total. The number of sulfonamides is 1. The molecule has 0 aliphatic carbocycles. The maximum Gasteiger partial charge on any atom is 0.237 e. The van der Waals surface area contributed by atoms with Crippen molar-refractivity contribution in [1.29, 1.82) is 5.26 Å². The highest BCUT2D eigenvalue weighted by Gasteiger charge is 2.29. The summed E-state index contributed by atoms with van der Waals surface area (Å²) in [5, 5.41) is 12.0. The van der Waals surface area contributed by atoms with Crippen LogP contribution in [-0.2, 0) is 15.8 Å². The fourth-order valence-corrected chi connectivity index (χ4v) is 6.12. The number of nitriles is 1. The van der Waals surface area contributed by atoms with E-state index in [1.165, 1.54) is 42.7 Å². The highest BCUT2D eigenvalue weighted by Crippen LogP contribution is 2.39. The first kappa shape index (κ1) is 31.6. The molecule has 0 amide bonds. The molecular weight excluding hydrogens is 614 g/mol. The molecule has 0 spiro atoms. The third-order valence-corrected chi connectivity index (χ3v) is 8.24. The maximum absolute atomic E-state index is 15.4. The van der Waals surface area contributed by atoms with Gasteiger partial charge in [0.15, 0.2) is 17.4 Å². The van der Waals surface area contributed by atoms with E-state index in [-0.39, 0.29) is 41.1 Å². The maximum atomic E-state index is 15.4. The van der Waals surface area contributed by atoms with E-state index in [0.29, 0.717) is 18.7 Å². The number of likely N-dealkylation sites (tertiary alicyclic amines) is 1. The Morgan fingerprint density at radius 3 is 2.51 bits per heavy atom. The van der Waals surface area contributed by atoms with Crippen LogP contribution in [0, 0.1) is 35.7 Å². The lowest BCUT2D eigenvalue weighted by Gasteiger charge is -2.32. The van der Waals surface area contributed by atoms with E-state index in [9.17, 15) is 12.8 Å². The van der Waals surface area contributed by atoms with Gasteiger partial charge in [0.25, 0.3) is 0 Å². The molecule has 4 aromatic rings. The fraction of sp³-hybridized carbons (Fsp3) is 0.267. The lowest BCUT2D eigenvalue weighted by molar-refractivity contribution is 0.153. The number of anilines is 2. The fourth-order valence-electron chi connectivity index (χ4n) is 4.93. The number of likely N-dealkylation sites (N-methyl/N-ethyl adjacent to an activating group) is 1. The molecule has 2 aromatic heterocycles. The van der Waals surface area contributed by atoms with Gasteiger partial charge in [0, 0.05) is 43.5 Å². The number of nitrogens with one attached hydrogen (secondary N) is 2. The van der Waals surface area contributed by atoms with Crippen molar-refractivity contribution >= 4 is 21.7 Å². The summed E-state index contributed by atoms with van der Waals surface area (Å²) in [6.07, 6.45) is 2.04. The van der Waals surface area contributed by atoms with Crippen LogP contribution in [0.5, 0.6) is 11.6 Å². The number of benzene rings is 2. The van der Waals surface area contributed by atoms with Gasteiger partial charge in [-0.3, -0.25) is 4.72 Å². The van der Waals surface area contributed by atoms with Gasteiger partial charge in [-0.05, 0) is 49.9 Å². The number of nitrogens with zero attached hydrogens (tertiary/aromatic N) is 5. The minimum Gasteiger partial charge on any atom is -0.435 e. The van der Waals surface area contributed by atoms with Crippen LogP contribution in [0.3, 0.4) is 0 Å². The van der Waals surface area contributed by atoms with E-state index in [1.807, 2.05) is 18.0 Å². The monoisotopic (exact) mass is 641 g/mol. The molecule has 1 fully saturated rings. The molecule has 10 nitrogen and oxygen atoms in total. The number of rotatable bonds is 9. The van der Waals surface area contributed by atoms with Gasteiger partial charge in [0.05, 0.1) is 28.6 Å². The first-order valence-electron chi connectivity index (χ1n) is 13.7. The van der Waals surface area contributed by atoms with Gasteiger partial charge in [-0.2, -0.15) is 9.65 Å². The molecule has 15 heteroatoms. The van der Waals surface area contributed by atoms with Crippen LogP contribution in [0.4, 0.5) is 29.2 Å². The lowest BCUT2D eigenvalue weighted by atomic mass is 10.1. The summed E-state index contributed by atoms with van der Waals surface area (Å²) in [4.78, 5) is 14.6. The van der Waals surface area contributed by atoms with Crippen LogP contribution in [0.15, 0.2) is 54.9 Å². The van der Waals surface area contributed by atoms with Gasteiger partial charge in [-0.25, -0.2) is 36.5 Å². The number of aromatic nitrogens is 3. The van der Waals surface area contributed by atoms with Crippen molar-refractivity contribution in [3.8, 4) is 29.0 Å². The van der Waals surface area contributed by atoms with E-state index in [2.05, 4.69) is 20.3 Å². The third kappa shape index (κ3) is 7.30.